The van der Waals surface area contributed by atoms with Gasteiger partial charge in [0.25, 0.3) is 5.91 Å². The van der Waals surface area contributed by atoms with Crippen molar-refractivity contribution in [2.75, 3.05) is 17.2 Å². The summed E-state index contributed by atoms with van der Waals surface area (Å²) in [7, 11) is 0. The predicted octanol–water partition coefficient (Wildman–Crippen LogP) is 3.74. The molecule has 2 N–H and O–H groups in total. The third-order valence-electron chi connectivity index (χ3n) is 3.63. The quantitative estimate of drug-likeness (QED) is 0.882. The summed E-state index contributed by atoms with van der Waals surface area (Å²) in [5.41, 5.74) is 3.99. The Kier molecular flexibility index (Phi) is 3.60. The number of para-hydroxylation sites is 1. The summed E-state index contributed by atoms with van der Waals surface area (Å²) in [5, 5.41) is 6.19. The standard InChI is InChI=1S/C17H17FN2O/c1-11-8-13(10-14(18)9-11)17(21)20-15-6-2-4-12-5-3-7-19-16(12)15/h2,4,6,8-10,19H,3,5,7H2,1H3,(H,20,21). The first-order valence-corrected chi connectivity index (χ1v) is 7.08. The molecule has 0 fully saturated rings. The highest BCUT2D eigenvalue weighted by Crippen LogP contribution is 2.30. The van der Waals surface area contributed by atoms with Gasteiger partial charge in [0.15, 0.2) is 0 Å². The van der Waals surface area contributed by atoms with Crippen molar-refractivity contribution >= 4 is 17.3 Å². The van der Waals surface area contributed by atoms with E-state index in [0.29, 0.717) is 5.56 Å². The van der Waals surface area contributed by atoms with Crippen LogP contribution in [0.5, 0.6) is 0 Å². The summed E-state index contributed by atoms with van der Waals surface area (Å²) in [5.74, 6) is -0.688. The Morgan fingerprint density at radius 2 is 2.14 bits per heavy atom. The topological polar surface area (TPSA) is 41.1 Å². The van der Waals surface area contributed by atoms with Crippen LogP contribution in [0, 0.1) is 12.7 Å². The lowest BCUT2D eigenvalue weighted by Crippen LogP contribution is -2.17. The summed E-state index contributed by atoms with van der Waals surface area (Å²) < 4.78 is 13.4. The minimum atomic E-state index is -0.395. The van der Waals surface area contributed by atoms with Gasteiger partial charge in [0.1, 0.15) is 5.82 Å². The van der Waals surface area contributed by atoms with Gasteiger partial charge in [-0.3, -0.25) is 4.79 Å². The molecule has 0 spiro atoms. The van der Waals surface area contributed by atoms with E-state index >= 15 is 0 Å². The molecular weight excluding hydrogens is 267 g/mol. The lowest BCUT2D eigenvalue weighted by molar-refractivity contribution is 0.102. The zero-order valence-electron chi connectivity index (χ0n) is 11.9. The first-order chi connectivity index (χ1) is 10.1. The van der Waals surface area contributed by atoms with Gasteiger partial charge < -0.3 is 10.6 Å². The maximum atomic E-state index is 13.4. The first-order valence-electron chi connectivity index (χ1n) is 7.08. The van der Waals surface area contributed by atoms with Crippen LogP contribution < -0.4 is 10.6 Å². The fourth-order valence-electron chi connectivity index (χ4n) is 2.68. The molecule has 0 saturated carbocycles. The second kappa shape index (κ2) is 5.56. The number of nitrogens with one attached hydrogen (secondary N) is 2. The minimum Gasteiger partial charge on any atom is -0.383 e. The number of carbonyl (C=O) groups excluding carboxylic acids is 1. The van der Waals surface area contributed by atoms with E-state index in [9.17, 15) is 9.18 Å². The van der Waals surface area contributed by atoms with E-state index in [2.05, 4.69) is 16.7 Å². The van der Waals surface area contributed by atoms with Crippen molar-refractivity contribution in [2.24, 2.45) is 0 Å². The summed E-state index contributed by atoms with van der Waals surface area (Å²) in [6.45, 7) is 2.67. The third-order valence-corrected chi connectivity index (χ3v) is 3.63. The number of fused-ring (bicyclic) bond motifs is 1. The van der Waals surface area contributed by atoms with Crippen molar-refractivity contribution in [3.8, 4) is 0 Å². The van der Waals surface area contributed by atoms with Gasteiger partial charge in [-0.15, -0.1) is 0 Å². The highest BCUT2D eigenvalue weighted by Gasteiger charge is 2.15. The van der Waals surface area contributed by atoms with Crippen molar-refractivity contribution in [2.45, 2.75) is 19.8 Å². The van der Waals surface area contributed by atoms with Crippen molar-refractivity contribution in [1.82, 2.24) is 0 Å². The minimum absolute atomic E-state index is 0.293. The molecule has 3 rings (SSSR count). The second-order valence-corrected chi connectivity index (χ2v) is 5.34. The van der Waals surface area contributed by atoms with E-state index in [-0.39, 0.29) is 5.91 Å². The van der Waals surface area contributed by atoms with Gasteiger partial charge in [-0.1, -0.05) is 12.1 Å². The molecule has 0 aromatic heterocycles. The van der Waals surface area contributed by atoms with E-state index in [1.165, 1.54) is 17.7 Å². The number of hydrogen-bond acceptors (Lipinski definition) is 2. The largest absolute Gasteiger partial charge is 0.383 e. The van der Waals surface area contributed by atoms with E-state index in [1.807, 2.05) is 12.1 Å². The number of aryl methyl sites for hydroxylation is 2. The maximum absolute atomic E-state index is 13.4. The Labute approximate surface area is 123 Å². The van der Waals surface area contributed by atoms with Gasteiger partial charge in [-0.2, -0.15) is 0 Å². The molecule has 21 heavy (non-hydrogen) atoms. The summed E-state index contributed by atoms with van der Waals surface area (Å²) >= 11 is 0. The lowest BCUT2D eigenvalue weighted by Gasteiger charge is -2.21. The normalized spacial score (nSPS) is 13.2. The molecule has 0 aliphatic carbocycles. The summed E-state index contributed by atoms with van der Waals surface area (Å²) in [6, 6.07) is 10.2. The van der Waals surface area contributed by atoms with Crippen molar-refractivity contribution in [3.05, 3.63) is 58.9 Å². The zero-order chi connectivity index (χ0) is 14.8. The van der Waals surface area contributed by atoms with Crippen LogP contribution in [0.25, 0.3) is 0 Å². The van der Waals surface area contributed by atoms with Gasteiger partial charge in [0.2, 0.25) is 0 Å². The molecule has 1 heterocycles. The Balaban J connectivity index is 1.88. The van der Waals surface area contributed by atoms with Gasteiger partial charge >= 0.3 is 0 Å². The predicted molar refractivity (Wildman–Crippen MR) is 82.3 cm³/mol. The zero-order valence-corrected chi connectivity index (χ0v) is 11.9. The van der Waals surface area contributed by atoms with Crippen molar-refractivity contribution in [1.29, 1.82) is 0 Å². The highest BCUT2D eigenvalue weighted by atomic mass is 19.1. The van der Waals surface area contributed by atoms with Gasteiger partial charge in [-0.25, -0.2) is 4.39 Å². The molecule has 1 aliphatic heterocycles. The van der Waals surface area contributed by atoms with Crippen molar-refractivity contribution < 1.29 is 9.18 Å². The summed E-state index contributed by atoms with van der Waals surface area (Å²) in [6.07, 6.45) is 2.10. The number of carbonyl (C=O) groups is 1. The Hall–Kier alpha value is -2.36. The van der Waals surface area contributed by atoms with Crippen molar-refractivity contribution in [3.63, 3.8) is 0 Å². The monoisotopic (exact) mass is 284 g/mol. The van der Waals surface area contributed by atoms with Gasteiger partial charge in [0.05, 0.1) is 11.4 Å². The van der Waals surface area contributed by atoms with Crippen LogP contribution in [-0.4, -0.2) is 12.5 Å². The van der Waals surface area contributed by atoms with Crippen LogP contribution in [0.2, 0.25) is 0 Å². The molecule has 0 bridgehead atoms. The van der Waals surface area contributed by atoms with E-state index in [1.54, 1.807) is 13.0 Å². The van der Waals surface area contributed by atoms with Crippen LogP contribution in [-0.2, 0) is 6.42 Å². The van der Waals surface area contributed by atoms with E-state index < -0.39 is 5.82 Å². The van der Waals surface area contributed by atoms with Gasteiger partial charge in [-0.05, 0) is 55.2 Å². The maximum Gasteiger partial charge on any atom is 0.255 e. The molecule has 3 nitrogen and oxygen atoms in total. The number of hydrogen-bond donors (Lipinski definition) is 2. The molecule has 1 aliphatic rings. The highest BCUT2D eigenvalue weighted by molar-refractivity contribution is 6.06. The molecule has 108 valence electrons. The fraction of sp³-hybridized carbons (Fsp3) is 0.235. The van der Waals surface area contributed by atoms with Gasteiger partial charge in [0, 0.05) is 12.1 Å². The molecule has 4 heteroatoms. The molecule has 0 saturated heterocycles. The number of benzene rings is 2. The fourth-order valence-corrected chi connectivity index (χ4v) is 2.68. The average molecular weight is 284 g/mol. The van der Waals surface area contributed by atoms with Crippen LogP contribution in [0.1, 0.15) is 27.9 Å². The number of halogens is 1. The van der Waals surface area contributed by atoms with Crippen LogP contribution >= 0.6 is 0 Å². The lowest BCUT2D eigenvalue weighted by atomic mass is 10.0. The average Bonchev–Trinajstić information content (AvgIpc) is 2.46. The molecular formula is C17H17FN2O. The van der Waals surface area contributed by atoms with Crippen LogP contribution in [0.3, 0.4) is 0 Å². The molecule has 0 atom stereocenters. The molecule has 2 aromatic carbocycles. The Bertz CT molecular complexity index is 677. The second-order valence-electron chi connectivity index (χ2n) is 5.34. The number of anilines is 2. The first kappa shape index (κ1) is 13.6. The Morgan fingerprint density at radius 3 is 2.95 bits per heavy atom. The van der Waals surface area contributed by atoms with E-state index in [4.69, 9.17) is 0 Å². The molecule has 1 amide bonds. The smallest absolute Gasteiger partial charge is 0.255 e. The molecule has 0 radical (unpaired) electrons. The van der Waals surface area contributed by atoms with Crippen LogP contribution in [0.4, 0.5) is 15.8 Å². The summed E-state index contributed by atoms with van der Waals surface area (Å²) in [4.78, 5) is 12.3. The third kappa shape index (κ3) is 2.89. The number of amides is 1. The van der Waals surface area contributed by atoms with E-state index in [0.717, 1.165) is 36.3 Å². The molecule has 2 aromatic rings. The number of rotatable bonds is 2. The van der Waals surface area contributed by atoms with Crippen LogP contribution in [0.15, 0.2) is 36.4 Å². The Morgan fingerprint density at radius 1 is 1.29 bits per heavy atom. The SMILES string of the molecule is Cc1cc(F)cc(C(=O)Nc2cccc3c2NCCC3)c1. The molecule has 0 unspecified atom stereocenters.